The molecule has 13 heteroatoms. The van der Waals surface area contributed by atoms with Gasteiger partial charge in [-0.2, -0.15) is 26.3 Å². The lowest BCUT2D eigenvalue weighted by atomic mass is 10.0. The summed E-state index contributed by atoms with van der Waals surface area (Å²) in [5.41, 5.74) is 0.354. The zero-order valence-electron chi connectivity index (χ0n) is 17.5. The largest absolute Gasteiger partial charge is 0.405 e. The first-order valence-corrected chi connectivity index (χ1v) is 11.1. The number of carbonyl (C=O) groups is 2. The SMILES string of the molecule is C=C(Cl)/C(F)=C(Cl)\C=C\C(/C=C/c1ccc(C(=O)CCC(=O)NCC(F)(F)F)c(Br)c1)C(F)(F)F. The lowest BCUT2D eigenvalue weighted by Crippen LogP contribution is -2.33. The van der Waals surface area contributed by atoms with Crippen LogP contribution in [-0.4, -0.2) is 30.6 Å². The predicted molar refractivity (Wildman–Crippen MR) is 123 cm³/mol. The molecule has 0 aromatic heterocycles. The Balaban J connectivity index is 2.92. The second-order valence-corrected chi connectivity index (χ2v) is 8.62. The van der Waals surface area contributed by atoms with Crippen LogP contribution in [0.4, 0.5) is 30.7 Å². The fourth-order valence-electron chi connectivity index (χ4n) is 2.40. The molecule has 1 atom stereocenters. The molecule has 1 aromatic carbocycles. The van der Waals surface area contributed by atoms with Gasteiger partial charge in [-0.25, -0.2) is 4.39 Å². The molecule has 0 aliphatic heterocycles. The van der Waals surface area contributed by atoms with Crippen molar-refractivity contribution in [3.8, 4) is 0 Å². The standard InChI is InChI=1S/C22H17BrCl2F7NO2/c1-12(24)20(26)17(25)7-5-14(22(30,31)32)4-2-13-3-6-15(16(23)10-13)18(34)8-9-19(35)33-11-21(27,28)29/h2-7,10,14H,1,8-9,11H2,(H,33,35)/b4-2+,7-5+,20-17-. The minimum Gasteiger partial charge on any atom is -0.347 e. The van der Waals surface area contributed by atoms with Gasteiger partial charge in [0.05, 0.1) is 16.0 Å². The molecule has 0 saturated carbocycles. The number of carbonyl (C=O) groups excluding carboxylic acids is 2. The number of Topliss-reactive ketones (excluding diaryl/α,β-unsaturated/α-hetero) is 1. The van der Waals surface area contributed by atoms with Crippen molar-refractivity contribution < 1.29 is 40.3 Å². The molecule has 1 N–H and O–H groups in total. The van der Waals surface area contributed by atoms with Crippen LogP contribution >= 0.6 is 39.1 Å². The van der Waals surface area contributed by atoms with Gasteiger partial charge in [0.1, 0.15) is 6.54 Å². The molecule has 0 aliphatic carbocycles. The normalized spacial score (nSPS) is 14.2. The first-order chi connectivity index (χ1) is 16.0. The smallest absolute Gasteiger partial charge is 0.347 e. The van der Waals surface area contributed by atoms with Crippen molar-refractivity contribution in [2.45, 2.75) is 25.2 Å². The summed E-state index contributed by atoms with van der Waals surface area (Å²) in [6, 6.07) is 3.97. The van der Waals surface area contributed by atoms with Gasteiger partial charge in [0.2, 0.25) is 5.91 Å². The Morgan fingerprint density at radius 1 is 1.09 bits per heavy atom. The molecule has 1 unspecified atom stereocenters. The van der Waals surface area contributed by atoms with Crippen molar-refractivity contribution in [2.24, 2.45) is 5.92 Å². The number of hydrogen-bond acceptors (Lipinski definition) is 2. The minimum atomic E-state index is -4.72. The molecule has 192 valence electrons. The zero-order valence-corrected chi connectivity index (χ0v) is 20.6. The summed E-state index contributed by atoms with van der Waals surface area (Å²) in [7, 11) is 0. The Kier molecular flexibility index (Phi) is 11.7. The number of nitrogens with one attached hydrogen (secondary N) is 1. The Morgan fingerprint density at radius 3 is 2.23 bits per heavy atom. The molecule has 0 fully saturated rings. The van der Waals surface area contributed by atoms with Crippen LogP contribution in [0.5, 0.6) is 0 Å². The second kappa shape index (κ2) is 13.3. The summed E-state index contributed by atoms with van der Waals surface area (Å²) < 4.78 is 89.9. The number of alkyl halides is 6. The summed E-state index contributed by atoms with van der Waals surface area (Å²) in [6.07, 6.45) is -6.94. The highest BCUT2D eigenvalue weighted by molar-refractivity contribution is 9.10. The van der Waals surface area contributed by atoms with E-state index >= 15 is 0 Å². The number of amides is 1. The third kappa shape index (κ3) is 11.4. The third-order valence-electron chi connectivity index (χ3n) is 4.13. The van der Waals surface area contributed by atoms with Crippen molar-refractivity contribution >= 4 is 56.9 Å². The fraction of sp³-hybridized carbons (Fsp3) is 0.273. The van der Waals surface area contributed by atoms with E-state index in [0.717, 1.165) is 12.2 Å². The summed E-state index contributed by atoms with van der Waals surface area (Å²) in [5, 5.41) is 0.413. The summed E-state index contributed by atoms with van der Waals surface area (Å²) in [5.74, 6) is -4.82. The number of ketones is 1. The average molecular weight is 611 g/mol. The number of halogens is 10. The molecule has 0 aliphatic rings. The molecular weight excluding hydrogens is 594 g/mol. The molecular formula is C22H17BrCl2F7NO2. The fourth-order valence-corrected chi connectivity index (χ4v) is 3.35. The first-order valence-electron chi connectivity index (χ1n) is 9.50. The van der Waals surface area contributed by atoms with Gasteiger partial charge < -0.3 is 5.32 Å². The Labute approximate surface area is 214 Å². The number of rotatable bonds is 10. The molecule has 1 aromatic rings. The van der Waals surface area contributed by atoms with Gasteiger partial charge in [-0.1, -0.05) is 70.0 Å². The lowest BCUT2D eigenvalue weighted by molar-refractivity contribution is -0.148. The first kappa shape index (κ1) is 30.9. The Bertz CT molecular complexity index is 1050. The van der Waals surface area contributed by atoms with Crippen molar-refractivity contribution in [3.63, 3.8) is 0 Å². The molecule has 1 amide bonds. The number of hydrogen-bond donors (Lipinski definition) is 1. The van der Waals surface area contributed by atoms with Gasteiger partial charge in [-0.3, -0.25) is 9.59 Å². The minimum absolute atomic E-state index is 0.0896. The van der Waals surface area contributed by atoms with E-state index < -0.39 is 58.8 Å². The van der Waals surface area contributed by atoms with Crippen molar-refractivity contribution in [3.05, 3.63) is 74.5 Å². The molecule has 0 radical (unpaired) electrons. The average Bonchev–Trinajstić information content (AvgIpc) is 2.73. The molecule has 0 bridgehead atoms. The Hall–Kier alpha value is -2.11. The highest BCUT2D eigenvalue weighted by atomic mass is 79.9. The van der Waals surface area contributed by atoms with E-state index in [0.29, 0.717) is 12.2 Å². The predicted octanol–water partition coefficient (Wildman–Crippen LogP) is 8.01. The van der Waals surface area contributed by atoms with Gasteiger partial charge in [0.25, 0.3) is 0 Å². The van der Waals surface area contributed by atoms with Gasteiger partial charge in [-0.05, 0) is 23.8 Å². The maximum absolute atomic E-state index is 13.5. The lowest BCUT2D eigenvalue weighted by Gasteiger charge is -2.13. The number of allylic oxidation sites excluding steroid dienone is 6. The third-order valence-corrected chi connectivity index (χ3v) is 5.24. The van der Waals surface area contributed by atoms with Crippen LogP contribution in [0.2, 0.25) is 0 Å². The molecule has 1 rings (SSSR count). The monoisotopic (exact) mass is 609 g/mol. The van der Waals surface area contributed by atoms with Gasteiger partial charge in [0.15, 0.2) is 11.6 Å². The van der Waals surface area contributed by atoms with E-state index in [1.807, 2.05) is 0 Å². The van der Waals surface area contributed by atoms with Crippen LogP contribution < -0.4 is 5.32 Å². The van der Waals surface area contributed by atoms with Crippen LogP contribution in [0.25, 0.3) is 6.08 Å². The molecule has 35 heavy (non-hydrogen) atoms. The van der Waals surface area contributed by atoms with E-state index in [-0.39, 0.29) is 22.0 Å². The second-order valence-electron chi connectivity index (χ2n) is 6.91. The van der Waals surface area contributed by atoms with E-state index in [1.54, 1.807) is 5.32 Å². The van der Waals surface area contributed by atoms with Crippen molar-refractivity contribution in [1.29, 1.82) is 0 Å². The molecule has 0 spiro atoms. The van der Waals surface area contributed by atoms with Gasteiger partial charge >= 0.3 is 12.4 Å². The van der Waals surface area contributed by atoms with Crippen LogP contribution in [0.3, 0.4) is 0 Å². The molecule has 3 nitrogen and oxygen atoms in total. The van der Waals surface area contributed by atoms with Crippen LogP contribution in [0, 0.1) is 5.92 Å². The highest BCUT2D eigenvalue weighted by Crippen LogP contribution is 2.31. The molecule has 0 heterocycles. The summed E-state index contributed by atoms with van der Waals surface area (Å²) in [6.45, 7) is 1.57. The van der Waals surface area contributed by atoms with E-state index in [4.69, 9.17) is 23.2 Å². The van der Waals surface area contributed by atoms with E-state index in [2.05, 4.69) is 22.5 Å². The summed E-state index contributed by atoms with van der Waals surface area (Å²) >= 11 is 14.0. The van der Waals surface area contributed by atoms with Crippen LogP contribution in [0.15, 0.2) is 63.4 Å². The topological polar surface area (TPSA) is 46.2 Å². The highest BCUT2D eigenvalue weighted by Gasteiger charge is 2.36. The number of benzene rings is 1. The van der Waals surface area contributed by atoms with E-state index in [1.165, 1.54) is 18.2 Å². The van der Waals surface area contributed by atoms with Gasteiger partial charge in [0, 0.05) is 22.9 Å². The quantitative estimate of drug-likeness (QED) is 0.166. The van der Waals surface area contributed by atoms with E-state index in [9.17, 15) is 40.3 Å². The maximum Gasteiger partial charge on any atom is 0.405 e. The zero-order chi connectivity index (χ0) is 27.0. The molecule has 0 saturated heterocycles. The van der Waals surface area contributed by atoms with Gasteiger partial charge in [-0.15, -0.1) is 0 Å². The Morgan fingerprint density at radius 2 is 1.71 bits per heavy atom. The van der Waals surface area contributed by atoms with Crippen molar-refractivity contribution in [1.82, 2.24) is 5.32 Å². The van der Waals surface area contributed by atoms with Crippen LogP contribution in [-0.2, 0) is 4.79 Å². The summed E-state index contributed by atoms with van der Waals surface area (Å²) in [4.78, 5) is 23.7. The van der Waals surface area contributed by atoms with Crippen molar-refractivity contribution in [2.75, 3.05) is 6.54 Å². The maximum atomic E-state index is 13.5. The van der Waals surface area contributed by atoms with Crippen LogP contribution in [0.1, 0.15) is 28.8 Å².